The molecule has 18 heavy (non-hydrogen) atoms. The predicted molar refractivity (Wildman–Crippen MR) is 79.3 cm³/mol. The summed E-state index contributed by atoms with van der Waals surface area (Å²) in [6.07, 6.45) is 8.15. The van der Waals surface area contributed by atoms with Gasteiger partial charge in [-0.25, -0.2) is 0 Å². The largest absolute Gasteiger partial charge is 0.359 e. The third-order valence-corrected chi connectivity index (χ3v) is 5.95. The van der Waals surface area contributed by atoms with E-state index in [1.54, 1.807) is 0 Å². The maximum atomic E-state index is 4.84. The maximum absolute atomic E-state index is 4.84. The second-order valence-corrected chi connectivity index (χ2v) is 7.26. The normalized spacial score (nSPS) is 31.3. The molecule has 3 fully saturated rings. The molecule has 0 bridgehead atoms. The first-order chi connectivity index (χ1) is 8.76. The smallest absolute Gasteiger partial charge is 0.157 e. The third kappa shape index (κ3) is 2.85. The summed E-state index contributed by atoms with van der Waals surface area (Å²) in [5.74, 6) is 2.07. The summed E-state index contributed by atoms with van der Waals surface area (Å²) in [6.45, 7) is 3.54. The molecule has 0 aromatic rings. The van der Waals surface area contributed by atoms with Crippen LogP contribution in [0.1, 0.15) is 38.5 Å². The number of aliphatic imine (C=N–C) groups is 1. The fraction of sp³-hybridized carbons (Fsp3) is 0.929. The molecule has 3 nitrogen and oxygen atoms in total. The zero-order valence-electron chi connectivity index (χ0n) is 11.5. The monoisotopic (exact) mass is 267 g/mol. The SMILES string of the molecule is CN1CCC(CN=C2NC3(CCCC3)CS2)CC1. The fourth-order valence-corrected chi connectivity index (χ4v) is 4.60. The molecule has 0 atom stereocenters. The molecule has 1 saturated carbocycles. The van der Waals surface area contributed by atoms with E-state index in [1.165, 1.54) is 62.5 Å². The van der Waals surface area contributed by atoms with E-state index in [0.717, 1.165) is 12.5 Å². The highest BCUT2D eigenvalue weighted by molar-refractivity contribution is 8.14. The Labute approximate surface area is 115 Å². The number of piperidine rings is 1. The summed E-state index contributed by atoms with van der Waals surface area (Å²) in [5.41, 5.74) is 0.427. The highest BCUT2D eigenvalue weighted by Crippen LogP contribution is 2.37. The van der Waals surface area contributed by atoms with E-state index >= 15 is 0 Å². The second kappa shape index (κ2) is 5.41. The summed E-state index contributed by atoms with van der Waals surface area (Å²) < 4.78 is 0. The molecular weight excluding hydrogens is 242 g/mol. The van der Waals surface area contributed by atoms with E-state index in [9.17, 15) is 0 Å². The van der Waals surface area contributed by atoms with Gasteiger partial charge in [-0.15, -0.1) is 0 Å². The average molecular weight is 267 g/mol. The molecule has 0 unspecified atom stereocenters. The fourth-order valence-electron chi connectivity index (χ4n) is 3.37. The standard InChI is InChI=1S/C14H25N3S/c1-17-8-4-12(5-9-17)10-15-13-16-14(11-18-13)6-2-3-7-14/h12H,2-11H2,1H3,(H,15,16). The second-order valence-electron chi connectivity index (χ2n) is 6.29. The number of hydrogen-bond acceptors (Lipinski definition) is 3. The van der Waals surface area contributed by atoms with Crippen molar-refractivity contribution in [2.75, 3.05) is 32.4 Å². The van der Waals surface area contributed by atoms with Crippen LogP contribution in [0.25, 0.3) is 0 Å². The Morgan fingerprint density at radius 3 is 2.78 bits per heavy atom. The van der Waals surface area contributed by atoms with E-state index < -0.39 is 0 Å². The molecule has 2 saturated heterocycles. The van der Waals surface area contributed by atoms with E-state index in [0.29, 0.717) is 5.54 Å². The molecule has 2 aliphatic heterocycles. The van der Waals surface area contributed by atoms with Crippen LogP contribution >= 0.6 is 11.8 Å². The molecule has 0 amide bonds. The molecule has 0 aromatic heterocycles. The molecular formula is C14H25N3S. The van der Waals surface area contributed by atoms with Gasteiger partial charge >= 0.3 is 0 Å². The van der Waals surface area contributed by atoms with Crippen LogP contribution in [-0.2, 0) is 0 Å². The highest BCUT2D eigenvalue weighted by atomic mass is 32.2. The zero-order valence-corrected chi connectivity index (χ0v) is 12.3. The average Bonchev–Trinajstić information content (AvgIpc) is 3.00. The van der Waals surface area contributed by atoms with Crippen LogP contribution in [0, 0.1) is 5.92 Å². The van der Waals surface area contributed by atoms with Crippen molar-refractivity contribution in [1.82, 2.24) is 10.2 Å². The van der Waals surface area contributed by atoms with Gasteiger partial charge in [-0.05, 0) is 51.7 Å². The maximum Gasteiger partial charge on any atom is 0.157 e. The number of nitrogens with one attached hydrogen (secondary N) is 1. The van der Waals surface area contributed by atoms with Gasteiger partial charge in [0.15, 0.2) is 5.17 Å². The number of likely N-dealkylation sites (tertiary alicyclic amines) is 1. The Morgan fingerprint density at radius 2 is 2.06 bits per heavy atom. The first kappa shape index (κ1) is 12.8. The van der Waals surface area contributed by atoms with Crippen molar-refractivity contribution in [2.24, 2.45) is 10.9 Å². The van der Waals surface area contributed by atoms with Crippen molar-refractivity contribution >= 4 is 16.9 Å². The van der Waals surface area contributed by atoms with Crippen LogP contribution in [0.2, 0.25) is 0 Å². The minimum Gasteiger partial charge on any atom is -0.359 e. The van der Waals surface area contributed by atoms with Gasteiger partial charge in [0.05, 0.1) is 0 Å². The number of thioether (sulfide) groups is 1. The van der Waals surface area contributed by atoms with Crippen molar-refractivity contribution in [3.8, 4) is 0 Å². The van der Waals surface area contributed by atoms with Gasteiger partial charge in [0.25, 0.3) is 0 Å². The number of hydrogen-bond donors (Lipinski definition) is 1. The third-order valence-electron chi connectivity index (χ3n) is 4.75. The van der Waals surface area contributed by atoms with Crippen molar-refractivity contribution in [3.05, 3.63) is 0 Å². The molecule has 3 aliphatic rings. The Morgan fingerprint density at radius 1 is 1.33 bits per heavy atom. The van der Waals surface area contributed by atoms with Crippen LogP contribution in [0.15, 0.2) is 4.99 Å². The van der Waals surface area contributed by atoms with Crippen LogP contribution in [0.4, 0.5) is 0 Å². The number of amidine groups is 1. The van der Waals surface area contributed by atoms with Crippen LogP contribution < -0.4 is 5.32 Å². The van der Waals surface area contributed by atoms with E-state index in [-0.39, 0.29) is 0 Å². The molecule has 3 rings (SSSR count). The van der Waals surface area contributed by atoms with Gasteiger partial charge in [-0.1, -0.05) is 24.6 Å². The van der Waals surface area contributed by atoms with E-state index in [4.69, 9.17) is 4.99 Å². The Hall–Kier alpha value is -0.220. The highest BCUT2D eigenvalue weighted by Gasteiger charge is 2.39. The van der Waals surface area contributed by atoms with E-state index in [1.807, 2.05) is 11.8 Å². The van der Waals surface area contributed by atoms with Gasteiger partial charge < -0.3 is 10.2 Å². The van der Waals surface area contributed by atoms with Crippen molar-refractivity contribution in [3.63, 3.8) is 0 Å². The summed E-state index contributed by atoms with van der Waals surface area (Å²) in [5, 5.41) is 4.95. The lowest BCUT2D eigenvalue weighted by atomic mass is 9.97. The van der Waals surface area contributed by atoms with Gasteiger partial charge in [0, 0.05) is 17.8 Å². The quantitative estimate of drug-likeness (QED) is 0.832. The Bertz CT molecular complexity index is 315. The first-order valence-electron chi connectivity index (χ1n) is 7.40. The summed E-state index contributed by atoms with van der Waals surface area (Å²) in [6, 6.07) is 0. The first-order valence-corrected chi connectivity index (χ1v) is 8.38. The number of rotatable bonds is 2. The lowest BCUT2D eigenvalue weighted by Crippen LogP contribution is -2.40. The molecule has 1 aliphatic carbocycles. The lowest BCUT2D eigenvalue weighted by molar-refractivity contribution is 0.223. The summed E-state index contributed by atoms with van der Waals surface area (Å²) in [7, 11) is 2.22. The Kier molecular flexibility index (Phi) is 3.85. The molecule has 102 valence electrons. The van der Waals surface area contributed by atoms with Crippen molar-refractivity contribution < 1.29 is 0 Å². The van der Waals surface area contributed by atoms with E-state index in [2.05, 4.69) is 17.3 Å². The van der Waals surface area contributed by atoms with Crippen LogP contribution in [-0.4, -0.2) is 48.0 Å². The molecule has 2 heterocycles. The van der Waals surface area contributed by atoms with Crippen LogP contribution in [0.3, 0.4) is 0 Å². The van der Waals surface area contributed by atoms with Gasteiger partial charge in [0.1, 0.15) is 0 Å². The van der Waals surface area contributed by atoms with Crippen molar-refractivity contribution in [2.45, 2.75) is 44.1 Å². The van der Waals surface area contributed by atoms with Crippen LogP contribution in [0.5, 0.6) is 0 Å². The molecule has 0 radical (unpaired) electrons. The Balaban J connectivity index is 1.49. The number of nitrogens with zero attached hydrogens (tertiary/aromatic N) is 2. The summed E-state index contributed by atoms with van der Waals surface area (Å²) >= 11 is 1.96. The summed E-state index contributed by atoms with van der Waals surface area (Å²) in [4.78, 5) is 7.27. The molecule has 1 spiro atoms. The molecule has 0 aromatic carbocycles. The topological polar surface area (TPSA) is 27.6 Å². The van der Waals surface area contributed by atoms with Gasteiger partial charge in [0.2, 0.25) is 0 Å². The molecule has 1 N–H and O–H groups in total. The minimum absolute atomic E-state index is 0.427. The minimum atomic E-state index is 0.427. The molecule has 4 heteroatoms. The van der Waals surface area contributed by atoms with Crippen molar-refractivity contribution in [1.29, 1.82) is 0 Å². The van der Waals surface area contributed by atoms with Gasteiger partial charge in [-0.3, -0.25) is 4.99 Å². The lowest BCUT2D eigenvalue weighted by Gasteiger charge is -2.28. The van der Waals surface area contributed by atoms with Gasteiger partial charge in [-0.2, -0.15) is 0 Å². The predicted octanol–water partition coefficient (Wildman–Crippen LogP) is 2.33. The zero-order chi connectivity index (χ0) is 12.4.